The molecule has 0 spiro atoms. The molecule has 2 rings (SSSR count). The third kappa shape index (κ3) is 1.78. The summed E-state index contributed by atoms with van der Waals surface area (Å²) in [6, 6.07) is 5.55. The lowest BCUT2D eigenvalue weighted by atomic mass is 10.1. The van der Waals surface area contributed by atoms with Gasteiger partial charge < -0.3 is 5.73 Å². The van der Waals surface area contributed by atoms with Gasteiger partial charge in [0, 0.05) is 29.1 Å². The molecule has 0 radical (unpaired) electrons. The highest BCUT2D eigenvalue weighted by molar-refractivity contribution is 6.33. The van der Waals surface area contributed by atoms with Crippen LogP contribution in [0.4, 0.5) is 5.69 Å². The predicted molar refractivity (Wildman–Crippen MR) is 67.5 cm³/mol. The average Bonchev–Trinajstić information content (AvgIpc) is 2.60. The van der Waals surface area contributed by atoms with Crippen LogP contribution in [0.5, 0.6) is 0 Å². The fourth-order valence-electron chi connectivity index (χ4n) is 1.78. The first-order valence-electron chi connectivity index (χ1n) is 5.21. The quantitative estimate of drug-likeness (QED) is 0.813. The molecule has 0 atom stereocenters. The van der Waals surface area contributed by atoms with Crippen molar-refractivity contribution in [3.05, 3.63) is 35.1 Å². The monoisotopic (exact) mass is 235 g/mol. The topological polar surface area (TPSA) is 43.8 Å². The van der Waals surface area contributed by atoms with E-state index < -0.39 is 0 Å². The molecular weight excluding hydrogens is 222 g/mol. The minimum atomic E-state index is 0.666. The Morgan fingerprint density at radius 1 is 1.38 bits per heavy atom. The predicted octanol–water partition coefficient (Wildman–Crippen LogP) is 3.11. The van der Waals surface area contributed by atoms with Crippen LogP contribution in [0.1, 0.15) is 12.6 Å². The molecule has 0 aliphatic rings. The zero-order valence-electron chi connectivity index (χ0n) is 9.37. The number of aryl methyl sites for hydroxylation is 1. The molecule has 0 saturated heterocycles. The summed E-state index contributed by atoms with van der Waals surface area (Å²) in [5, 5.41) is 4.97. The highest BCUT2D eigenvalue weighted by Crippen LogP contribution is 2.31. The molecule has 1 aromatic heterocycles. The first kappa shape index (κ1) is 11.0. The van der Waals surface area contributed by atoms with Gasteiger partial charge in [-0.3, -0.25) is 4.68 Å². The summed E-state index contributed by atoms with van der Waals surface area (Å²) in [5.74, 6) is 0. The molecule has 0 aliphatic heterocycles. The van der Waals surface area contributed by atoms with Crippen LogP contribution in [0.3, 0.4) is 0 Å². The molecular formula is C12H14ClN3. The highest BCUT2D eigenvalue weighted by atomic mass is 35.5. The van der Waals surface area contributed by atoms with E-state index in [1.807, 2.05) is 29.9 Å². The van der Waals surface area contributed by atoms with Crippen LogP contribution in [-0.4, -0.2) is 9.78 Å². The largest absolute Gasteiger partial charge is 0.399 e. The lowest BCUT2D eigenvalue weighted by Gasteiger charge is -2.05. The second-order valence-electron chi connectivity index (χ2n) is 3.70. The third-order valence-electron chi connectivity index (χ3n) is 2.69. The zero-order chi connectivity index (χ0) is 11.7. The lowest BCUT2D eigenvalue weighted by Crippen LogP contribution is -1.98. The summed E-state index contributed by atoms with van der Waals surface area (Å²) in [6.07, 6.45) is 1.84. The van der Waals surface area contributed by atoms with Crippen molar-refractivity contribution >= 4 is 17.3 Å². The second-order valence-corrected chi connectivity index (χ2v) is 4.11. The van der Waals surface area contributed by atoms with E-state index in [0.29, 0.717) is 10.7 Å². The Morgan fingerprint density at radius 2 is 2.12 bits per heavy atom. The van der Waals surface area contributed by atoms with Gasteiger partial charge in [0.15, 0.2) is 0 Å². The van der Waals surface area contributed by atoms with E-state index >= 15 is 0 Å². The smallest absolute Gasteiger partial charge is 0.0571 e. The Bertz CT molecular complexity index is 517. The van der Waals surface area contributed by atoms with Crippen molar-refractivity contribution < 1.29 is 0 Å². The van der Waals surface area contributed by atoms with Crippen molar-refractivity contribution in [1.82, 2.24) is 9.78 Å². The molecule has 0 fully saturated rings. The summed E-state index contributed by atoms with van der Waals surface area (Å²) in [5.41, 5.74) is 9.51. The number of halogens is 1. The Kier molecular flexibility index (Phi) is 2.88. The van der Waals surface area contributed by atoms with Gasteiger partial charge in [0.05, 0.1) is 11.2 Å². The fraction of sp³-hybridized carbons (Fsp3) is 0.250. The maximum atomic E-state index is 6.17. The SMILES string of the molecule is CCn1ncc(-c2ccc(N)cc2Cl)c1C. The molecule has 0 saturated carbocycles. The van der Waals surface area contributed by atoms with Crippen molar-refractivity contribution in [3.63, 3.8) is 0 Å². The molecule has 1 aromatic carbocycles. The summed E-state index contributed by atoms with van der Waals surface area (Å²) in [4.78, 5) is 0. The maximum Gasteiger partial charge on any atom is 0.0571 e. The molecule has 84 valence electrons. The van der Waals surface area contributed by atoms with Gasteiger partial charge in [-0.1, -0.05) is 17.7 Å². The number of hydrogen-bond donors (Lipinski definition) is 1. The van der Waals surface area contributed by atoms with Crippen molar-refractivity contribution in [2.24, 2.45) is 0 Å². The maximum absolute atomic E-state index is 6.17. The van der Waals surface area contributed by atoms with Crippen molar-refractivity contribution in [3.8, 4) is 11.1 Å². The van der Waals surface area contributed by atoms with E-state index in [1.54, 1.807) is 6.07 Å². The molecule has 4 heteroatoms. The number of aromatic nitrogens is 2. The summed E-state index contributed by atoms with van der Waals surface area (Å²) in [7, 11) is 0. The standard InChI is InChI=1S/C12H14ClN3/c1-3-16-8(2)11(7-15-16)10-5-4-9(14)6-12(10)13/h4-7H,3,14H2,1-2H3. The van der Waals surface area contributed by atoms with Crippen LogP contribution in [0, 0.1) is 6.92 Å². The molecule has 0 unspecified atom stereocenters. The van der Waals surface area contributed by atoms with Crippen LogP contribution >= 0.6 is 11.6 Å². The second kappa shape index (κ2) is 4.18. The number of benzene rings is 1. The number of hydrogen-bond acceptors (Lipinski definition) is 2. The zero-order valence-corrected chi connectivity index (χ0v) is 10.1. The van der Waals surface area contributed by atoms with Gasteiger partial charge in [0.1, 0.15) is 0 Å². The van der Waals surface area contributed by atoms with Gasteiger partial charge in [-0.25, -0.2) is 0 Å². The van der Waals surface area contributed by atoms with E-state index in [0.717, 1.165) is 23.4 Å². The average molecular weight is 236 g/mol. The Labute approximate surface area is 99.8 Å². The number of anilines is 1. The van der Waals surface area contributed by atoms with Crippen LogP contribution in [0.2, 0.25) is 5.02 Å². The molecule has 1 heterocycles. The number of nitrogens with zero attached hydrogens (tertiary/aromatic N) is 2. The van der Waals surface area contributed by atoms with Crippen molar-refractivity contribution in [1.29, 1.82) is 0 Å². The molecule has 2 N–H and O–H groups in total. The van der Waals surface area contributed by atoms with Gasteiger partial charge in [0.25, 0.3) is 0 Å². The van der Waals surface area contributed by atoms with Gasteiger partial charge in [-0.05, 0) is 26.0 Å². The normalized spacial score (nSPS) is 10.7. The van der Waals surface area contributed by atoms with Crippen molar-refractivity contribution in [2.75, 3.05) is 5.73 Å². The molecule has 16 heavy (non-hydrogen) atoms. The third-order valence-corrected chi connectivity index (χ3v) is 3.00. The minimum absolute atomic E-state index is 0.666. The number of nitrogens with two attached hydrogens (primary N) is 1. The van der Waals surface area contributed by atoms with Crippen LogP contribution in [0.15, 0.2) is 24.4 Å². The Morgan fingerprint density at radius 3 is 2.69 bits per heavy atom. The number of rotatable bonds is 2. The molecule has 0 bridgehead atoms. The van der Waals surface area contributed by atoms with Gasteiger partial charge >= 0.3 is 0 Å². The van der Waals surface area contributed by atoms with Crippen LogP contribution in [0.25, 0.3) is 11.1 Å². The summed E-state index contributed by atoms with van der Waals surface area (Å²) >= 11 is 6.17. The molecule has 2 aromatic rings. The van der Waals surface area contributed by atoms with E-state index in [9.17, 15) is 0 Å². The number of nitrogen functional groups attached to an aromatic ring is 1. The first-order chi connectivity index (χ1) is 7.63. The highest BCUT2D eigenvalue weighted by Gasteiger charge is 2.10. The van der Waals surface area contributed by atoms with E-state index in [2.05, 4.69) is 12.0 Å². The van der Waals surface area contributed by atoms with E-state index in [4.69, 9.17) is 17.3 Å². The van der Waals surface area contributed by atoms with Crippen LogP contribution in [-0.2, 0) is 6.54 Å². The van der Waals surface area contributed by atoms with E-state index in [-0.39, 0.29) is 0 Å². The Balaban J connectivity index is 2.54. The molecule has 0 amide bonds. The summed E-state index contributed by atoms with van der Waals surface area (Å²) in [6.45, 7) is 4.96. The molecule has 0 aliphatic carbocycles. The van der Waals surface area contributed by atoms with Crippen molar-refractivity contribution in [2.45, 2.75) is 20.4 Å². The first-order valence-corrected chi connectivity index (χ1v) is 5.59. The summed E-state index contributed by atoms with van der Waals surface area (Å²) < 4.78 is 1.95. The van der Waals surface area contributed by atoms with Gasteiger partial charge in [0.2, 0.25) is 0 Å². The van der Waals surface area contributed by atoms with E-state index in [1.165, 1.54) is 0 Å². The van der Waals surface area contributed by atoms with Crippen LogP contribution < -0.4 is 5.73 Å². The molecule has 3 nitrogen and oxygen atoms in total. The van der Waals surface area contributed by atoms with Gasteiger partial charge in [-0.15, -0.1) is 0 Å². The fourth-order valence-corrected chi connectivity index (χ4v) is 2.07. The lowest BCUT2D eigenvalue weighted by molar-refractivity contribution is 0.640. The van der Waals surface area contributed by atoms with Gasteiger partial charge in [-0.2, -0.15) is 5.10 Å². The Hall–Kier alpha value is -1.48. The minimum Gasteiger partial charge on any atom is -0.399 e.